The van der Waals surface area contributed by atoms with E-state index in [4.69, 9.17) is 0 Å². The number of aromatic nitrogens is 1. The third-order valence-corrected chi connectivity index (χ3v) is 6.95. The molecule has 4 nitrogen and oxygen atoms in total. The van der Waals surface area contributed by atoms with Crippen molar-refractivity contribution in [2.45, 2.75) is 37.1 Å². The number of benzene rings is 2. The van der Waals surface area contributed by atoms with E-state index in [1.807, 2.05) is 38.2 Å². The smallest absolute Gasteiger partial charge is 0.268 e. The van der Waals surface area contributed by atoms with E-state index in [0.29, 0.717) is 10.9 Å². The summed E-state index contributed by atoms with van der Waals surface area (Å²) in [5.74, 6) is 0. The summed E-state index contributed by atoms with van der Waals surface area (Å²) in [6, 6.07) is 13.4. The average molecular weight is 354 g/mol. The van der Waals surface area contributed by atoms with Crippen LogP contribution in [0.25, 0.3) is 10.9 Å². The molecule has 1 heterocycles. The quantitative estimate of drug-likeness (QED) is 0.785. The molecule has 130 valence electrons. The monoisotopic (exact) mass is 354 g/mol. The molecule has 1 unspecified atom stereocenters. The SMILES string of the molecule is CNC1CCc2ccc3c(ccn3S(=O)(=O)c3ccc(C)cc3)c2C1. The first-order valence-electron chi connectivity index (χ1n) is 8.62. The predicted molar refractivity (Wildman–Crippen MR) is 101 cm³/mol. The minimum atomic E-state index is -3.58. The van der Waals surface area contributed by atoms with Gasteiger partial charge in [-0.15, -0.1) is 0 Å². The lowest BCUT2D eigenvalue weighted by molar-refractivity contribution is 0.498. The molecule has 0 fully saturated rings. The van der Waals surface area contributed by atoms with Gasteiger partial charge in [0.1, 0.15) is 0 Å². The Bertz CT molecular complexity index is 1030. The Balaban J connectivity index is 1.86. The van der Waals surface area contributed by atoms with Crippen molar-refractivity contribution < 1.29 is 8.42 Å². The predicted octanol–water partition coefficient (Wildman–Crippen LogP) is 3.26. The van der Waals surface area contributed by atoms with Gasteiger partial charge in [0.05, 0.1) is 10.4 Å². The zero-order valence-corrected chi connectivity index (χ0v) is 15.3. The Morgan fingerprint density at radius 3 is 2.56 bits per heavy atom. The molecule has 0 saturated heterocycles. The molecular formula is C20H22N2O2S. The molecule has 0 spiro atoms. The van der Waals surface area contributed by atoms with E-state index in [1.54, 1.807) is 18.3 Å². The van der Waals surface area contributed by atoms with Crippen molar-refractivity contribution in [2.24, 2.45) is 0 Å². The van der Waals surface area contributed by atoms with E-state index >= 15 is 0 Å². The Kier molecular flexibility index (Phi) is 3.93. The average Bonchev–Trinajstić information content (AvgIpc) is 3.07. The fourth-order valence-corrected chi connectivity index (χ4v) is 5.08. The summed E-state index contributed by atoms with van der Waals surface area (Å²) in [6.07, 6.45) is 4.78. The first-order valence-corrected chi connectivity index (χ1v) is 10.1. The van der Waals surface area contributed by atoms with Crippen LogP contribution in [0.15, 0.2) is 53.6 Å². The second-order valence-corrected chi connectivity index (χ2v) is 8.61. The van der Waals surface area contributed by atoms with Crippen LogP contribution in [-0.2, 0) is 22.9 Å². The van der Waals surface area contributed by atoms with E-state index in [1.165, 1.54) is 15.1 Å². The van der Waals surface area contributed by atoms with Crippen LogP contribution in [0.4, 0.5) is 0 Å². The second kappa shape index (κ2) is 6.00. The van der Waals surface area contributed by atoms with Gasteiger partial charge < -0.3 is 5.32 Å². The fourth-order valence-electron chi connectivity index (χ4n) is 3.73. The van der Waals surface area contributed by atoms with Gasteiger partial charge in [-0.25, -0.2) is 12.4 Å². The molecule has 1 aromatic heterocycles. The summed E-state index contributed by atoms with van der Waals surface area (Å²) in [7, 11) is -1.59. The number of hydrogen-bond donors (Lipinski definition) is 1. The maximum Gasteiger partial charge on any atom is 0.268 e. The standard InChI is InChI=1S/C20H22N2O2S/c1-14-3-8-17(9-4-14)25(23,24)22-12-11-18-19-13-16(21-2)7-5-15(19)6-10-20(18)22/h3-4,6,8-12,16,21H,5,7,13H2,1-2H3. The maximum absolute atomic E-state index is 13.1. The van der Waals surface area contributed by atoms with E-state index in [2.05, 4.69) is 11.4 Å². The Morgan fingerprint density at radius 2 is 1.84 bits per heavy atom. The van der Waals surface area contributed by atoms with Crippen LogP contribution in [0.1, 0.15) is 23.1 Å². The molecule has 0 saturated carbocycles. The van der Waals surface area contributed by atoms with E-state index in [0.717, 1.165) is 35.7 Å². The molecule has 5 heteroatoms. The van der Waals surface area contributed by atoms with Crippen molar-refractivity contribution >= 4 is 20.9 Å². The van der Waals surface area contributed by atoms with Crippen molar-refractivity contribution in [3.05, 3.63) is 65.4 Å². The largest absolute Gasteiger partial charge is 0.317 e. The van der Waals surface area contributed by atoms with Gasteiger partial charge in [0.15, 0.2) is 0 Å². The van der Waals surface area contributed by atoms with Crippen LogP contribution >= 0.6 is 0 Å². The first kappa shape index (κ1) is 16.4. The molecule has 25 heavy (non-hydrogen) atoms. The van der Waals surface area contributed by atoms with Gasteiger partial charge in [-0.3, -0.25) is 0 Å². The maximum atomic E-state index is 13.1. The zero-order chi connectivity index (χ0) is 17.6. The number of fused-ring (bicyclic) bond motifs is 3. The number of hydrogen-bond acceptors (Lipinski definition) is 3. The van der Waals surface area contributed by atoms with Crippen LogP contribution in [0.2, 0.25) is 0 Å². The molecule has 1 N–H and O–H groups in total. The third-order valence-electron chi connectivity index (χ3n) is 5.24. The minimum absolute atomic E-state index is 0.321. The van der Waals surface area contributed by atoms with E-state index in [-0.39, 0.29) is 0 Å². The van der Waals surface area contributed by atoms with Crippen molar-refractivity contribution in [1.29, 1.82) is 0 Å². The first-order chi connectivity index (χ1) is 12.0. The highest BCUT2D eigenvalue weighted by molar-refractivity contribution is 7.90. The highest BCUT2D eigenvalue weighted by Crippen LogP contribution is 2.31. The van der Waals surface area contributed by atoms with Crippen LogP contribution in [-0.4, -0.2) is 25.5 Å². The second-order valence-electron chi connectivity index (χ2n) is 6.79. The van der Waals surface area contributed by atoms with Crippen LogP contribution in [0, 0.1) is 6.92 Å². The fraction of sp³-hybridized carbons (Fsp3) is 0.300. The summed E-state index contributed by atoms with van der Waals surface area (Å²) in [6.45, 7) is 1.95. The van der Waals surface area contributed by atoms with E-state index < -0.39 is 10.0 Å². The van der Waals surface area contributed by atoms with Crippen molar-refractivity contribution in [2.75, 3.05) is 7.05 Å². The van der Waals surface area contributed by atoms with Gasteiger partial charge in [-0.1, -0.05) is 23.8 Å². The summed E-state index contributed by atoms with van der Waals surface area (Å²) < 4.78 is 27.5. The summed E-state index contributed by atoms with van der Waals surface area (Å²) in [5, 5.41) is 4.40. The molecule has 4 rings (SSSR count). The minimum Gasteiger partial charge on any atom is -0.317 e. The molecule has 0 amide bonds. The topological polar surface area (TPSA) is 51.1 Å². The van der Waals surface area contributed by atoms with Gasteiger partial charge in [-0.2, -0.15) is 0 Å². The Hall–Kier alpha value is -2.11. The van der Waals surface area contributed by atoms with Gasteiger partial charge in [-0.05, 0) is 68.6 Å². The van der Waals surface area contributed by atoms with Crippen LogP contribution < -0.4 is 5.32 Å². The lowest BCUT2D eigenvalue weighted by atomic mass is 9.86. The highest BCUT2D eigenvalue weighted by Gasteiger charge is 2.23. The molecule has 1 aliphatic carbocycles. The Morgan fingerprint density at radius 1 is 1.08 bits per heavy atom. The van der Waals surface area contributed by atoms with Crippen molar-refractivity contribution in [1.82, 2.24) is 9.29 Å². The third kappa shape index (κ3) is 2.68. The van der Waals surface area contributed by atoms with Crippen molar-refractivity contribution in [3.8, 4) is 0 Å². The molecule has 1 atom stereocenters. The number of nitrogens with zero attached hydrogens (tertiary/aromatic N) is 1. The molecule has 0 aliphatic heterocycles. The number of likely N-dealkylation sites (N-methyl/N-ethyl adjacent to an activating group) is 1. The Labute approximate surface area is 148 Å². The molecule has 0 bridgehead atoms. The molecule has 2 aromatic carbocycles. The number of rotatable bonds is 3. The molecule has 0 radical (unpaired) electrons. The zero-order valence-electron chi connectivity index (χ0n) is 14.5. The summed E-state index contributed by atoms with van der Waals surface area (Å²) in [5.41, 5.74) is 4.42. The molecular weight excluding hydrogens is 332 g/mol. The lowest BCUT2D eigenvalue weighted by Crippen LogP contribution is -2.31. The number of aryl methyl sites for hydroxylation is 2. The summed E-state index contributed by atoms with van der Waals surface area (Å²) in [4.78, 5) is 0.321. The highest BCUT2D eigenvalue weighted by atomic mass is 32.2. The summed E-state index contributed by atoms with van der Waals surface area (Å²) >= 11 is 0. The van der Waals surface area contributed by atoms with Crippen molar-refractivity contribution in [3.63, 3.8) is 0 Å². The van der Waals surface area contributed by atoms with E-state index in [9.17, 15) is 8.42 Å². The lowest BCUT2D eigenvalue weighted by Gasteiger charge is -2.25. The molecule has 1 aliphatic rings. The van der Waals surface area contributed by atoms with Gasteiger partial charge in [0.25, 0.3) is 10.0 Å². The normalized spacial score (nSPS) is 17.6. The van der Waals surface area contributed by atoms with Gasteiger partial charge >= 0.3 is 0 Å². The number of nitrogens with one attached hydrogen (secondary N) is 1. The van der Waals surface area contributed by atoms with Gasteiger partial charge in [0, 0.05) is 17.6 Å². The van der Waals surface area contributed by atoms with Gasteiger partial charge in [0.2, 0.25) is 0 Å². The van der Waals surface area contributed by atoms with Crippen LogP contribution in [0.5, 0.6) is 0 Å². The van der Waals surface area contributed by atoms with Crippen LogP contribution in [0.3, 0.4) is 0 Å². The molecule has 3 aromatic rings.